The number of carbonyl (C=O) groups is 1. The van der Waals surface area contributed by atoms with Crippen molar-refractivity contribution in [3.8, 4) is 11.5 Å². The first kappa shape index (κ1) is 13.6. The Balaban J connectivity index is 3.08. The predicted molar refractivity (Wildman–Crippen MR) is 68.3 cm³/mol. The summed E-state index contributed by atoms with van der Waals surface area (Å²) in [6, 6.07) is 3.54. The van der Waals surface area contributed by atoms with E-state index in [0.29, 0.717) is 11.5 Å². The van der Waals surface area contributed by atoms with E-state index in [9.17, 15) is 4.79 Å². The highest BCUT2D eigenvalue weighted by Crippen LogP contribution is 2.33. The molecular weight excluding hydrogens is 288 g/mol. The van der Waals surface area contributed by atoms with Crippen molar-refractivity contribution in [2.24, 2.45) is 0 Å². The lowest BCUT2D eigenvalue weighted by atomic mass is 10.2. The molecule has 17 heavy (non-hydrogen) atoms. The molecule has 0 N–H and O–H groups in total. The van der Waals surface area contributed by atoms with Gasteiger partial charge in [0.25, 0.3) is 0 Å². The molecule has 0 saturated carbocycles. The van der Waals surface area contributed by atoms with Gasteiger partial charge in [0.1, 0.15) is 0 Å². The lowest BCUT2D eigenvalue weighted by Crippen LogP contribution is -1.94. The molecule has 0 spiro atoms. The summed E-state index contributed by atoms with van der Waals surface area (Å²) < 4.78 is 15.6. The van der Waals surface area contributed by atoms with Gasteiger partial charge in [-0.15, -0.1) is 0 Å². The first-order valence-electron chi connectivity index (χ1n) is 4.80. The van der Waals surface area contributed by atoms with Gasteiger partial charge in [-0.3, -0.25) is 0 Å². The molecule has 0 saturated heterocycles. The fraction of sp³-hybridized carbons (Fsp3) is 0.250. The van der Waals surface area contributed by atoms with E-state index in [4.69, 9.17) is 9.47 Å². The third-order valence-electron chi connectivity index (χ3n) is 2.10. The molecule has 0 aliphatic heterocycles. The molecule has 0 heterocycles. The van der Waals surface area contributed by atoms with Crippen LogP contribution in [0, 0.1) is 0 Å². The number of hydrogen-bond acceptors (Lipinski definition) is 4. The van der Waals surface area contributed by atoms with Crippen LogP contribution in [0.3, 0.4) is 0 Å². The maximum atomic E-state index is 11.0. The molecule has 0 bridgehead atoms. The van der Waals surface area contributed by atoms with Crippen LogP contribution in [0.15, 0.2) is 22.7 Å². The quantitative estimate of drug-likeness (QED) is 0.633. The van der Waals surface area contributed by atoms with Crippen LogP contribution in [0.2, 0.25) is 0 Å². The molecule has 0 fully saturated rings. The van der Waals surface area contributed by atoms with E-state index in [0.717, 1.165) is 10.0 Å². The zero-order chi connectivity index (χ0) is 12.8. The Morgan fingerprint density at radius 2 is 1.76 bits per heavy atom. The standard InChI is InChI=1S/C12H13BrO4/c1-15-10-6-8(4-5-12(14)17-3)9(13)7-11(10)16-2/h4-7H,1-3H3/b5-4+. The zero-order valence-corrected chi connectivity index (χ0v) is 11.4. The van der Waals surface area contributed by atoms with Crippen molar-refractivity contribution in [3.63, 3.8) is 0 Å². The van der Waals surface area contributed by atoms with Crippen LogP contribution in [0.5, 0.6) is 11.5 Å². The monoisotopic (exact) mass is 300 g/mol. The summed E-state index contributed by atoms with van der Waals surface area (Å²) in [5.74, 6) is 0.807. The summed E-state index contributed by atoms with van der Waals surface area (Å²) in [6.45, 7) is 0. The van der Waals surface area contributed by atoms with Crippen molar-refractivity contribution in [1.29, 1.82) is 0 Å². The van der Waals surface area contributed by atoms with Gasteiger partial charge in [0.05, 0.1) is 21.3 Å². The van der Waals surface area contributed by atoms with Crippen molar-refractivity contribution in [2.75, 3.05) is 21.3 Å². The van der Waals surface area contributed by atoms with Gasteiger partial charge in [0, 0.05) is 10.5 Å². The molecule has 4 nitrogen and oxygen atoms in total. The van der Waals surface area contributed by atoms with Crippen molar-refractivity contribution < 1.29 is 19.0 Å². The van der Waals surface area contributed by atoms with Crippen LogP contribution < -0.4 is 9.47 Å². The Morgan fingerprint density at radius 3 is 2.29 bits per heavy atom. The molecule has 0 aromatic heterocycles. The summed E-state index contributed by atoms with van der Waals surface area (Å²) >= 11 is 3.38. The topological polar surface area (TPSA) is 44.8 Å². The minimum absolute atomic E-state index is 0.410. The SMILES string of the molecule is COC(=O)/C=C/c1cc(OC)c(OC)cc1Br. The Labute approximate surface area is 108 Å². The van der Waals surface area contributed by atoms with E-state index in [1.165, 1.54) is 13.2 Å². The molecule has 0 aliphatic rings. The Bertz CT molecular complexity index is 440. The molecule has 1 aromatic rings. The van der Waals surface area contributed by atoms with Gasteiger partial charge >= 0.3 is 5.97 Å². The minimum Gasteiger partial charge on any atom is -0.493 e. The molecule has 0 amide bonds. The number of ether oxygens (including phenoxy) is 3. The highest BCUT2D eigenvalue weighted by Gasteiger charge is 2.07. The third-order valence-corrected chi connectivity index (χ3v) is 2.79. The normalized spacial score (nSPS) is 10.4. The van der Waals surface area contributed by atoms with E-state index in [-0.39, 0.29) is 0 Å². The average Bonchev–Trinajstić information content (AvgIpc) is 2.36. The summed E-state index contributed by atoms with van der Waals surface area (Å²) in [5.41, 5.74) is 0.799. The fourth-order valence-corrected chi connectivity index (χ4v) is 1.68. The minimum atomic E-state index is -0.410. The van der Waals surface area contributed by atoms with Crippen molar-refractivity contribution in [2.45, 2.75) is 0 Å². The van der Waals surface area contributed by atoms with Crippen LogP contribution in [0.25, 0.3) is 6.08 Å². The van der Waals surface area contributed by atoms with Gasteiger partial charge in [0.15, 0.2) is 11.5 Å². The molecule has 0 unspecified atom stereocenters. The zero-order valence-electron chi connectivity index (χ0n) is 9.82. The van der Waals surface area contributed by atoms with Crippen LogP contribution in [0.4, 0.5) is 0 Å². The van der Waals surface area contributed by atoms with Gasteiger partial charge in [-0.05, 0) is 23.8 Å². The highest BCUT2D eigenvalue weighted by molar-refractivity contribution is 9.10. The predicted octanol–water partition coefficient (Wildman–Crippen LogP) is 2.65. The first-order valence-corrected chi connectivity index (χ1v) is 5.59. The molecule has 92 valence electrons. The molecule has 5 heteroatoms. The molecule has 0 radical (unpaired) electrons. The van der Waals surface area contributed by atoms with Gasteiger partial charge in [-0.2, -0.15) is 0 Å². The average molecular weight is 301 g/mol. The van der Waals surface area contributed by atoms with E-state index in [2.05, 4.69) is 20.7 Å². The van der Waals surface area contributed by atoms with E-state index >= 15 is 0 Å². The van der Waals surface area contributed by atoms with Crippen LogP contribution in [0.1, 0.15) is 5.56 Å². The molecule has 0 atom stereocenters. The van der Waals surface area contributed by atoms with Crippen molar-refractivity contribution >= 4 is 28.0 Å². The van der Waals surface area contributed by atoms with Crippen LogP contribution in [-0.4, -0.2) is 27.3 Å². The van der Waals surface area contributed by atoms with Crippen molar-refractivity contribution in [1.82, 2.24) is 0 Å². The van der Waals surface area contributed by atoms with Gasteiger partial charge in [-0.1, -0.05) is 15.9 Å². The smallest absolute Gasteiger partial charge is 0.330 e. The molecule has 1 rings (SSSR count). The van der Waals surface area contributed by atoms with E-state index in [1.54, 1.807) is 32.4 Å². The van der Waals surface area contributed by atoms with Crippen LogP contribution in [-0.2, 0) is 9.53 Å². The third kappa shape index (κ3) is 3.49. The first-order chi connectivity index (χ1) is 8.12. The van der Waals surface area contributed by atoms with Gasteiger partial charge in [-0.25, -0.2) is 4.79 Å². The number of halogens is 1. The largest absolute Gasteiger partial charge is 0.493 e. The van der Waals surface area contributed by atoms with Crippen LogP contribution >= 0.6 is 15.9 Å². The number of benzene rings is 1. The summed E-state index contributed by atoms with van der Waals surface area (Å²) in [5, 5.41) is 0. The summed E-state index contributed by atoms with van der Waals surface area (Å²) in [4.78, 5) is 11.0. The lowest BCUT2D eigenvalue weighted by Gasteiger charge is -2.09. The maximum absolute atomic E-state index is 11.0. The van der Waals surface area contributed by atoms with Gasteiger partial charge < -0.3 is 14.2 Å². The summed E-state index contributed by atoms with van der Waals surface area (Å²) in [7, 11) is 4.45. The number of hydrogen-bond donors (Lipinski definition) is 0. The van der Waals surface area contributed by atoms with E-state index < -0.39 is 5.97 Å². The number of methoxy groups -OCH3 is 3. The maximum Gasteiger partial charge on any atom is 0.330 e. The summed E-state index contributed by atoms with van der Waals surface area (Å²) in [6.07, 6.45) is 2.98. The second kappa shape index (κ2) is 6.30. The second-order valence-corrected chi connectivity index (χ2v) is 3.94. The van der Waals surface area contributed by atoms with E-state index in [1.807, 2.05) is 0 Å². The second-order valence-electron chi connectivity index (χ2n) is 3.09. The number of carbonyl (C=O) groups excluding carboxylic acids is 1. The number of rotatable bonds is 4. The molecule has 1 aromatic carbocycles. The van der Waals surface area contributed by atoms with Crippen molar-refractivity contribution in [3.05, 3.63) is 28.2 Å². The Kier molecular flexibility index (Phi) is 5.03. The Morgan fingerprint density at radius 1 is 1.18 bits per heavy atom. The lowest BCUT2D eigenvalue weighted by molar-refractivity contribution is -0.134. The molecular formula is C12H13BrO4. The molecule has 0 aliphatic carbocycles. The number of esters is 1. The fourth-order valence-electron chi connectivity index (χ4n) is 1.22. The highest BCUT2D eigenvalue weighted by atomic mass is 79.9. The van der Waals surface area contributed by atoms with Gasteiger partial charge in [0.2, 0.25) is 0 Å². The Hall–Kier alpha value is -1.49.